The second-order valence-corrected chi connectivity index (χ2v) is 2.44. The molecule has 0 amide bonds. The highest BCUT2D eigenvalue weighted by atomic mass is 14.6. The molecule has 0 saturated heterocycles. The fourth-order valence-electron chi connectivity index (χ4n) is 0.736. The van der Waals surface area contributed by atoms with Crippen LogP contribution in [0.15, 0.2) is 11.3 Å². The first-order valence-corrected chi connectivity index (χ1v) is 4.06. The summed E-state index contributed by atoms with van der Waals surface area (Å²) in [5.41, 5.74) is 7.15. The summed E-state index contributed by atoms with van der Waals surface area (Å²) in [4.78, 5) is 0. The van der Waals surface area contributed by atoms with Gasteiger partial charge in [-0.2, -0.15) is 0 Å². The number of hydrogen-bond acceptors (Lipinski definition) is 2. The van der Waals surface area contributed by atoms with Crippen LogP contribution in [-0.2, 0) is 0 Å². The van der Waals surface area contributed by atoms with Crippen LogP contribution in [0, 0.1) is 11.3 Å². The molecule has 0 bridgehead atoms. The summed E-state index contributed by atoms with van der Waals surface area (Å²) in [5, 5.41) is 6.96. The van der Waals surface area contributed by atoms with Gasteiger partial charge in [0, 0.05) is 13.3 Å². The molecular weight excluding hydrogens is 136 g/mol. The molecule has 0 aromatic heterocycles. The lowest BCUT2D eigenvalue weighted by molar-refractivity contribution is 0.792. The van der Waals surface area contributed by atoms with Gasteiger partial charge in [0.25, 0.3) is 0 Å². The molecule has 0 spiro atoms. The molecule has 0 aliphatic carbocycles. The van der Waals surface area contributed by atoms with Gasteiger partial charge in [0.15, 0.2) is 0 Å². The van der Waals surface area contributed by atoms with Crippen LogP contribution in [0.25, 0.3) is 0 Å². The quantitative estimate of drug-likeness (QED) is 0.596. The van der Waals surface area contributed by atoms with Crippen molar-refractivity contribution >= 4 is 6.21 Å². The zero-order chi connectivity index (χ0) is 9.44. The minimum absolute atomic E-state index is 0. The lowest BCUT2D eigenvalue weighted by Gasteiger charge is -2.05. The Labute approximate surface area is 71.5 Å². The van der Waals surface area contributed by atoms with Crippen molar-refractivity contribution in [1.82, 2.24) is 0 Å². The SMILES string of the molecule is C/C(N)=C(/C=N)C(C)C.CC.[HH]. The minimum Gasteiger partial charge on any atom is -0.402 e. The summed E-state index contributed by atoms with van der Waals surface area (Å²) in [7, 11) is 0. The van der Waals surface area contributed by atoms with Crippen molar-refractivity contribution in [3.8, 4) is 0 Å². The third-order valence-corrected chi connectivity index (χ3v) is 1.23. The number of rotatable bonds is 2. The van der Waals surface area contributed by atoms with E-state index in [4.69, 9.17) is 11.1 Å². The van der Waals surface area contributed by atoms with E-state index in [0.29, 0.717) is 5.92 Å². The summed E-state index contributed by atoms with van der Waals surface area (Å²) >= 11 is 0. The number of hydrogen-bond donors (Lipinski definition) is 2. The Morgan fingerprint density at radius 1 is 1.45 bits per heavy atom. The second-order valence-electron chi connectivity index (χ2n) is 2.44. The van der Waals surface area contributed by atoms with Crippen molar-refractivity contribution in [1.29, 1.82) is 5.41 Å². The molecule has 3 N–H and O–H groups in total. The Bertz CT molecular complexity index is 135. The average molecular weight is 158 g/mol. The molecule has 0 heterocycles. The van der Waals surface area contributed by atoms with Crippen molar-refractivity contribution in [3.05, 3.63) is 11.3 Å². The van der Waals surface area contributed by atoms with E-state index in [1.807, 2.05) is 34.6 Å². The lowest BCUT2D eigenvalue weighted by Crippen LogP contribution is -2.04. The van der Waals surface area contributed by atoms with Crippen molar-refractivity contribution in [2.24, 2.45) is 11.7 Å². The van der Waals surface area contributed by atoms with Crippen molar-refractivity contribution < 1.29 is 1.43 Å². The van der Waals surface area contributed by atoms with Gasteiger partial charge in [-0.1, -0.05) is 27.7 Å². The van der Waals surface area contributed by atoms with Gasteiger partial charge in [-0.25, -0.2) is 0 Å². The van der Waals surface area contributed by atoms with E-state index in [0.717, 1.165) is 11.3 Å². The van der Waals surface area contributed by atoms with Crippen LogP contribution in [0.1, 0.15) is 36.0 Å². The molecule has 0 aliphatic rings. The molecule has 0 aliphatic heterocycles. The van der Waals surface area contributed by atoms with Crippen molar-refractivity contribution in [3.63, 3.8) is 0 Å². The molecule has 0 saturated carbocycles. The second kappa shape index (κ2) is 7.32. The monoisotopic (exact) mass is 158 g/mol. The first-order chi connectivity index (χ1) is 5.09. The largest absolute Gasteiger partial charge is 0.402 e. The third kappa shape index (κ3) is 5.64. The molecule has 0 radical (unpaired) electrons. The predicted molar refractivity (Wildman–Crippen MR) is 54.0 cm³/mol. The Balaban J connectivity index is -0.000000249. The van der Waals surface area contributed by atoms with E-state index < -0.39 is 0 Å². The van der Waals surface area contributed by atoms with Gasteiger partial charge in [0.1, 0.15) is 0 Å². The highest BCUT2D eigenvalue weighted by Crippen LogP contribution is 2.07. The minimum atomic E-state index is 0. The van der Waals surface area contributed by atoms with Gasteiger partial charge < -0.3 is 11.1 Å². The molecule has 68 valence electrons. The van der Waals surface area contributed by atoms with Gasteiger partial charge in [-0.05, 0) is 18.4 Å². The van der Waals surface area contributed by atoms with Crippen LogP contribution in [0.4, 0.5) is 0 Å². The van der Waals surface area contributed by atoms with Gasteiger partial charge in [0.2, 0.25) is 0 Å². The van der Waals surface area contributed by atoms with Crippen LogP contribution >= 0.6 is 0 Å². The number of allylic oxidation sites excluding steroid dienone is 2. The molecule has 0 unspecified atom stereocenters. The number of nitrogens with one attached hydrogen (secondary N) is 1. The van der Waals surface area contributed by atoms with E-state index in [1.165, 1.54) is 6.21 Å². The van der Waals surface area contributed by atoms with E-state index >= 15 is 0 Å². The summed E-state index contributed by atoms with van der Waals surface area (Å²) in [6.45, 7) is 9.87. The summed E-state index contributed by atoms with van der Waals surface area (Å²) in [6, 6.07) is 0. The Kier molecular flexibility index (Phi) is 8.55. The van der Waals surface area contributed by atoms with E-state index in [9.17, 15) is 0 Å². The Morgan fingerprint density at radius 2 is 1.82 bits per heavy atom. The molecular formula is C9H22N2. The van der Waals surface area contributed by atoms with E-state index in [1.54, 1.807) is 0 Å². The predicted octanol–water partition coefficient (Wildman–Crippen LogP) is 2.80. The van der Waals surface area contributed by atoms with Crippen molar-refractivity contribution in [2.75, 3.05) is 0 Å². The molecule has 0 atom stereocenters. The summed E-state index contributed by atoms with van der Waals surface area (Å²) in [5.74, 6) is 0.368. The van der Waals surface area contributed by atoms with Crippen molar-refractivity contribution in [2.45, 2.75) is 34.6 Å². The van der Waals surface area contributed by atoms with Crippen LogP contribution in [-0.4, -0.2) is 6.21 Å². The fourth-order valence-corrected chi connectivity index (χ4v) is 0.736. The number of nitrogens with two attached hydrogens (primary N) is 1. The maximum absolute atomic E-state index is 6.96. The molecule has 0 aromatic rings. The highest BCUT2D eigenvalue weighted by molar-refractivity contribution is 5.77. The lowest BCUT2D eigenvalue weighted by atomic mass is 10.0. The molecule has 11 heavy (non-hydrogen) atoms. The molecule has 0 fully saturated rings. The molecule has 0 rings (SSSR count). The smallest absolute Gasteiger partial charge is 0.0229 e. The van der Waals surface area contributed by atoms with Gasteiger partial charge in [0.05, 0.1) is 0 Å². The zero-order valence-corrected chi connectivity index (χ0v) is 8.23. The Morgan fingerprint density at radius 3 is 1.82 bits per heavy atom. The van der Waals surface area contributed by atoms with Gasteiger partial charge in [-0.3, -0.25) is 0 Å². The van der Waals surface area contributed by atoms with Crippen LogP contribution in [0.2, 0.25) is 0 Å². The van der Waals surface area contributed by atoms with Crippen LogP contribution in [0.3, 0.4) is 0 Å². The first-order valence-electron chi connectivity index (χ1n) is 4.06. The summed E-state index contributed by atoms with van der Waals surface area (Å²) in [6.07, 6.45) is 1.32. The molecule has 2 heteroatoms. The van der Waals surface area contributed by atoms with E-state index in [2.05, 4.69) is 0 Å². The normalized spacial score (nSPS) is 11.5. The molecule has 0 aromatic carbocycles. The van der Waals surface area contributed by atoms with Crippen LogP contribution in [0.5, 0.6) is 0 Å². The van der Waals surface area contributed by atoms with E-state index in [-0.39, 0.29) is 1.43 Å². The average Bonchev–Trinajstić information content (AvgIpc) is 1.91. The highest BCUT2D eigenvalue weighted by Gasteiger charge is 2.00. The van der Waals surface area contributed by atoms with Gasteiger partial charge >= 0.3 is 0 Å². The summed E-state index contributed by atoms with van der Waals surface area (Å²) < 4.78 is 0. The first kappa shape index (κ1) is 12.8. The maximum atomic E-state index is 6.96. The fraction of sp³-hybridized carbons (Fsp3) is 0.667. The zero-order valence-electron chi connectivity index (χ0n) is 8.23. The maximum Gasteiger partial charge on any atom is 0.0229 e. The topological polar surface area (TPSA) is 49.9 Å². The standard InChI is InChI=1S/C7H14N2.C2H6.H2/c1-5(2)7(4-8)6(3)9;1-2;/h4-5,8H,9H2,1-3H3;1-2H3;1H/b7-6+,8-4?;;. The van der Waals surface area contributed by atoms with Gasteiger partial charge in [-0.15, -0.1) is 0 Å². The molecule has 2 nitrogen and oxygen atoms in total. The Hall–Kier alpha value is -0.790. The van der Waals surface area contributed by atoms with Crippen LogP contribution < -0.4 is 5.73 Å². The third-order valence-electron chi connectivity index (χ3n) is 1.23.